The number of amides is 1. The molecule has 1 saturated carbocycles. The van der Waals surface area contributed by atoms with E-state index in [9.17, 15) is 13.2 Å². The second-order valence-electron chi connectivity index (χ2n) is 10.9. The smallest absolute Gasteiger partial charge is 0.410 e. The Hall–Kier alpha value is -2.42. The van der Waals surface area contributed by atoms with Gasteiger partial charge in [0.1, 0.15) is 6.61 Å². The molecule has 208 valence electrons. The van der Waals surface area contributed by atoms with Crippen LogP contribution in [0.5, 0.6) is 0 Å². The first-order chi connectivity index (χ1) is 18.3. The van der Waals surface area contributed by atoms with Gasteiger partial charge in [-0.3, -0.25) is 0 Å². The SMILES string of the molecule is CCCN(C(=O)OCc1ccccc1)C1CCN(CC2CC(N(C)S(C)(=O)=O)CC2c2ccccc2)CC1. The highest BCUT2D eigenvalue weighted by molar-refractivity contribution is 7.88. The molecule has 38 heavy (non-hydrogen) atoms. The van der Waals surface area contributed by atoms with Gasteiger partial charge in [0.2, 0.25) is 10.0 Å². The fourth-order valence-electron chi connectivity index (χ4n) is 6.18. The minimum Gasteiger partial charge on any atom is -0.445 e. The molecule has 0 bridgehead atoms. The zero-order chi connectivity index (χ0) is 27.1. The standard InChI is InChI=1S/C30H43N3O4S/c1-4-17-33(30(34)37-23-24-11-7-5-8-12-24)27-15-18-32(19-16-27)22-26-20-28(31(2)38(3,35)36)21-29(26)25-13-9-6-10-14-25/h5-14,26-29H,4,15-23H2,1-3H3. The number of hydrogen-bond donors (Lipinski definition) is 0. The zero-order valence-corrected chi connectivity index (χ0v) is 23.9. The summed E-state index contributed by atoms with van der Waals surface area (Å²) in [7, 11) is -1.51. The summed E-state index contributed by atoms with van der Waals surface area (Å²) in [6, 6.07) is 20.6. The van der Waals surface area contributed by atoms with Crippen LogP contribution >= 0.6 is 0 Å². The lowest BCUT2D eigenvalue weighted by Crippen LogP contribution is -2.48. The van der Waals surface area contributed by atoms with Crippen LogP contribution < -0.4 is 0 Å². The summed E-state index contributed by atoms with van der Waals surface area (Å²) in [5, 5.41) is 0. The molecule has 2 aromatic carbocycles. The molecule has 1 aliphatic carbocycles. The van der Waals surface area contributed by atoms with Crippen LogP contribution in [0.3, 0.4) is 0 Å². The van der Waals surface area contributed by atoms with E-state index in [0.717, 1.165) is 57.3 Å². The van der Waals surface area contributed by atoms with Crippen molar-refractivity contribution in [2.75, 3.05) is 39.5 Å². The van der Waals surface area contributed by atoms with Gasteiger partial charge in [-0.25, -0.2) is 17.5 Å². The summed E-state index contributed by atoms with van der Waals surface area (Å²) in [4.78, 5) is 17.4. The second kappa shape index (κ2) is 13.1. The molecule has 1 aliphatic heterocycles. The lowest BCUT2D eigenvalue weighted by Gasteiger charge is -2.39. The molecule has 2 aromatic rings. The molecule has 1 heterocycles. The van der Waals surface area contributed by atoms with Gasteiger partial charge in [0.05, 0.1) is 6.26 Å². The van der Waals surface area contributed by atoms with Crippen molar-refractivity contribution in [3.8, 4) is 0 Å². The maximum absolute atomic E-state index is 13.0. The van der Waals surface area contributed by atoms with Gasteiger partial charge in [-0.05, 0) is 55.1 Å². The normalized spacial score (nSPS) is 23.0. The highest BCUT2D eigenvalue weighted by Crippen LogP contribution is 2.42. The van der Waals surface area contributed by atoms with Gasteiger partial charge in [-0.15, -0.1) is 0 Å². The average molecular weight is 542 g/mol. The average Bonchev–Trinajstić information content (AvgIpc) is 3.34. The van der Waals surface area contributed by atoms with Crippen molar-refractivity contribution in [3.05, 3.63) is 71.8 Å². The lowest BCUT2D eigenvalue weighted by molar-refractivity contribution is 0.0577. The van der Waals surface area contributed by atoms with E-state index in [1.165, 1.54) is 11.8 Å². The first-order valence-electron chi connectivity index (χ1n) is 13.9. The highest BCUT2D eigenvalue weighted by Gasteiger charge is 2.40. The van der Waals surface area contributed by atoms with Crippen molar-refractivity contribution in [1.82, 2.24) is 14.1 Å². The van der Waals surface area contributed by atoms with Crippen LogP contribution in [0.15, 0.2) is 60.7 Å². The molecule has 0 aromatic heterocycles. The van der Waals surface area contributed by atoms with Crippen LogP contribution in [0.25, 0.3) is 0 Å². The van der Waals surface area contributed by atoms with E-state index in [1.54, 1.807) is 11.4 Å². The summed E-state index contributed by atoms with van der Waals surface area (Å²) in [5.41, 5.74) is 2.29. The number of ether oxygens (including phenoxy) is 1. The molecule has 3 unspecified atom stereocenters. The van der Waals surface area contributed by atoms with Gasteiger partial charge >= 0.3 is 6.09 Å². The number of nitrogens with zero attached hydrogens (tertiary/aromatic N) is 3. The van der Waals surface area contributed by atoms with E-state index in [-0.39, 0.29) is 18.2 Å². The number of carbonyl (C=O) groups is 1. The molecule has 0 radical (unpaired) electrons. The zero-order valence-electron chi connectivity index (χ0n) is 23.0. The van der Waals surface area contributed by atoms with E-state index in [4.69, 9.17) is 4.74 Å². The fourth-order valence-corrected chi connectivity index (χ4v) is 6.90. The van der Waals surface area contributed by atoms with Crippen molar-refractivity contribution in [2.45, 2.75) is 63.6 Å². The van der Waals surface area contributed by atoms with Crippen molar-refractivity contribution < 1.29 is 17.9 Å². The van der Waals surface area contributed by atoms with Crippen LogP contribution in [0.4, 0.5) is 4.79 Å². The van der Waals surface area contributed by atoms with Crippen molar-refractivity contribution >= 4 is 16.1 Å². The summed E-state index contributed by atoms with van der Waals surface area (Å²) in [6.45, 7) is 5.91. The van der Waals surface area contributed by atoms with E-state index < -0.39 is 10.0 Å². The minimum absolute atomic E-state index is 0.0252. The molecular formula is C30H43N3O4S. The number of piperidine rings is 1. The second-order valence-corrected chi connectivity index (χ2v) is 13.0. The molecule has 7 nitrogen and oxygen atoms in total. The fraction of sp³-hybridized carbons (Fsp3) is 0.567. The Morgan fingerprint density at radius 2 is 1.61 bits per heavy atom. The Kier molecular flexibility index (Phi) is 9.85. The topological polar surface area (TPSA) is 70.2 Å². The molecule has 3 atom stereocenters. The summed E-state index contributed by atoms with van der Waals surface area (Å²) in [5.74, 6) is 0.735. The maximum Gasteiger partial charge on any atom is 0.410 e. The third kappa shape index (κ3) is 7.36. The lowest BCUT2D eigenvalue weighted by atomic mass is 9.88. The van der Waals surface area contributed by atoms with E-state index in [1.807, 2.05) is 41.3 Å². The number of hydrogen-bond acceptors (Lipinski definition) is 5. The number of benzene rings is 2. The van der Waals surface area contributed by atoms with E-state index in [2.05, 4.69) is 36.1 Å². The Balaban J connectivity index is 1.35. The third-order valence-corrected chi connectivity index (χ3v) is 9.67. The molecule has 2 fully saturated rings. The molecule has 2 aliphatic rings. The molecule has 0 N–H and O–H groups in total. The quantitative estimate of drug-likeness (QED) is 0.426. The molecule has 1 saturated heterocycles. The van der Waals surface area contributed by atoms with Crippen molar-refractivity contribution in [2.24, 2.45) is 5.92 Å². The largest absolute Gasteiger partial charge is 0.445 e. The highest BCUT2D eigenvalue weighted by atomic mass is 32.2. The monoisotopic (exact) mass is 541 g/mol. The third-order valence-electron chi connectivity index (χ3n) is 8.33. The van der Waals surface area contributed by atoms with Gasteiger partial charge < -0.3 is 14.5 Å². The Morgan fingerprint density at radius 3 is 2.21 bits per heavy atom. The Bertz CT molecular complexity index is 1120. The van der Waals surface area contributed by atoms with Gasteiger partial charge in [0, 0.05) is 45.3 Å². The molecule has 8 heteroatoms. The number of rotatable bonds is 10. The van der Waals surface area contributed by atoms with Gasteiger partial charge in [-0.1, -0.05) is 67.6 Å². The van der Waals surface area contributed by atoms with Crippen LogP contribution in [0.2, 0.25) is 0 Å². The summed E-state index contributed by atoms with van der Waals surface area (Å²) in [6.07, 6.45) is 5.56. The first-order valence-corrected chi connectivity index (χ1v) is 15.8. The molecule has 4 rings (SSSR count). The molecule has 1 amide bonds. The minimum atomic E-state index is -3.23. The van der Waals surface area contributed by atoms with Crippen LogP contribution in [0, 0.1) is 5.92 Å². The first kappa shape index (κ1) is 28.6. The molecular weight excluding hydrogens is 498 g/mol. The summed E-state index contributed by atoms with van der Waals surface area (Å²) >= 11 is 0. The van der Waals surface area contributed by atoms with Crippen LogP contribution in [-0.4, -0.2) is 80.2 Å². The van der Waals surface area contributed by atoms with Crippen LogP contribution in [0.1, 0.15) is 56.1 Å². The molecule has 0 spiro atoms. The van der Waals surface area contributed by atoms with E-state index >= 15 is 0 Å². The number of carbonyl (C=O) groups excluding carboxylic acids is 1. The van der Waals surface area contributed by atoms with Crippen molar-refractivity contribution in [1.29, 1.82) is 0 Å². The predicted octanol–water partition coefficient (Wildman–Crippen LogP) is 4.95. The Labute approximate surface area is 228 Å². The Morgan fingerprint density at radius 1 is 0.974 bits per heavy atom. The van der Waals surface area contributed by atoms with Crippen LogP contribution in [-0.2, 0) is 21.4 Å². The van der Waals surface area contributed by atoms with E-state index in [0.29, 0.717) is 25.0 Å². The summed E-state index contributed by atoms with van der Waals surface area (Å²) < 4.78 is 31.8. The van der Waals surface area contributed by atoms with Crippen molar-refractivity contribution in [3.63, 3.8) is 0 Å². The maximum atomic E-state index is 13.0. The number of sulfonamides is 1. The predicted molar refractivity (Wildman–Crippen MR) is 151 cm³/mol. The van der Waals surface area contributed by atoms with Gasteiger partial charge in [0.15, 0.2) is 0 Å². The van der Waals surface area contributed by atoms with Gasteiger partial charge in [0.25, 0.3) is 0 Å². The number of likely N-dealkylation sites (tertiary alicyclic amines) is 1. The van der Waals surface area contributed by atoms with Gasteiger partial charge in [-0.2, -0.15) is 0 Å².